The molecule has 0 aliphatic carbocycles. The molecule has 3 rings (SSSR count). The molecule has 2 fully saturated rings. The predicted octanol–water partition coefficient (Wildman–Crippen LogP) is -0.599. The highest BCUT2D eigenvalue weighted by molar-refractivity contribution is 6.06. The lowest BCUT2D eigenvalue weighted by atomic mass is 9.85. The van der Waals surface area contributed by atoms with Gasteiger partial charge in [-0.25, -0.2) is 10.0 Å². The molecule has 0 aromatic carbocycles. The molecule has 0 spiro atoms. The molecule has 3 aliphatic rings. The second-order valence-electron chi connectivity index (χ2n) is 4.34. The Labute approximate surface area is 87.2 Å². The maximum absolute atomic E-state index is 12.0. The van der Waals surface area contributed by atoms with Crippen molar-refractivity contribution in [2.75, 3.05) is 14.1 Å². The lowest BCUT2D eigenvalue weighted by molar-refractivity contribution is -0.157. The maximum Gasteiger partial charge on any atom is 0.250 e. The van der Waals surface area contributed by atoms with Crippen LogP contribution >= 0.6 is 0 Å². The molecule has 0 aromatic heterocycles. The minimum Gasteiger partial charge on any atom is -0.365 e. The summed E-state index contributed by atoms with van der Waals surface area (Å²) < 4.78 is 5.51. The van der Waals surface area contributed by atoms with Crippen LogP contribution in [-0.2, 0) is 14.3 Å². The summed E-state index contributed by atoms with van der Waals surface area (Å²) in [7, 11) is 3.40. The molecule has 4 atom stereocenters. The Bertz CT molecular complexity index is 347. The monoisotopic (exact) mass is 208 g/mol. The summed E-state index contributed by atoms with van der Waals surface area (Å²) in [5.41, 5.74) is 0. The van der Waals surface area contributed by atoms with Gasteiger partial charge < -0.3 is 4.74 Å². The molecule has 2 bridgehead atoms. The predicted molar refractivity (Wildman–Crippen MR) is 50.3 cm³/mol. The Kier molecular flexibility index (Phi) is 1.62. The minimum atomic E-state index is -0.296. The minimum absolute atomic E-state index is 0.133. The summed E-state index contributed by atoms with van der Waals surface area (Å²) in [6.45, 7) is 0. The van der Waals surface area contributed by atoms with E-state index in [4.69, 9.17) is 4.74 Å². The van der Waals surface area contributed by atoms with Crippen LogP contribution in [0.15, 0.2) is 12.2 Å². The Morgan fingerprint density at radius 3 is 2.00 bits per heavy atom. The van der Waals surface area contributed by atoms with E-state index in [0.717, 1.165) is 0 Å². The van der Waals surface area contributed by atoms with Gasteiger partial charge in [0, 0.05) is 14.1 Å². The largest absolute Gasteiger partial charge is 0.365 e. The lowest BCUT2D eigenvalue weighted by Gasteiger charge is -2.23. The van der Waals surface area contributed by atoms with E-state index in [0.29, 0.717) is 0 Å². The number of carbonyl (C=O) groups is 2. The van der Waals surface area contributed by atoms with Gasteiger partial charge in [0.25, 0.3) is 11.8 Å². The van der Waals surface area contributed by atoms with E-state index >= 15 is 0 Å². The number of rotatable bonds is 1. The maximum atomic E-state index is 12.0. The molecule has 0 saturated carbocycles. The van der Waals surface area contributed by atoms with Crippen LogP contribution in [0.5, 0.6) is 0 Å². The zero-order valence-corrected chi connectivity index (χ0v) is 8.58. The average molecular weight is 208 g/mol. The molecule has 5 heteroatoms. The average Bonchev–Trinajstić information content (AvgIpc) is 2.79. The molecule has 2 amide bonds. The number of ether oxygens (including phenoxy) is 1. The fourth-order valence-corrected chi connectivity index (χ4v) is 2.68. The molecule has 80 valence electrons. The second-order valence-corrected chi connectivity index (χ2v) is 4.34. The van der Waals surface area contributed by atoms with E-state index in [2.05, 4.69) is 0 Å². The highest BCUT2D eigenvalue weighted by atomic mass is 16.5. The third kappa shape index (κ3) is 0.943. The first kappa shape index (κ1) is 9.06. The number of amides is 2. The Morgan fingerprint density at radius 2 is 1.60 bits per heavy atom. The van der Waals surface area contributed by atoms with Crippen LogP contribution in [0, 0.1) is 11.8 Å². The van der Waals surface area contributed by atoms with E-state index in [1.165, 1.54) is 5.01 Å². The first-order valence-corrected chi connectivity index (χ1v) is 5.00. The molecule has 2 saturated heterocycles. The van der Waals surface area contributed by atoms with Crippen LogP contribution in [0.1, 0.15) is 0 Å². The molecule has 3 aliphatic heterocycles. The van der Waals surface area contributed by atoms with E-state index in [-0.39, 0.29) is 35.9 Å². The van der Waals surface area contributed by atoms with Crippen molar-refractivity contribution in [3.05, 3.63) is 12.2 Å². The van der Waals surface area contributed by atoms with E-state index in [1.807, 2.05) is 12.2 Å². The molecule has 3 heterocycles. The summed E-state index contributed by atoms with van der Waals surface area (Å²) in [4.78, 5) is 24.0. The van der Waals surface area contributed by atoms with Gasteiger partial charge in [-0.05, 0) is 0 Å². The SMILES string of the molecule is CN(C)N1C(=O)[C@@H]2[C@@H](C1=O)[C@H]1C=C[C@@H]2O1. The number of hydrogen-bond donors (Lipinski definition) is 0. The summed E-state index contributed by atoms with van der Waals surface area (Å²) in [6, 6.07) is 0. The molecular weight excluding hydrogens is 196 g/mol. The zero-order valence-electron chi connectivity index (χ0n) is 8.58. The highest BCUT2D eigenvalue weighted by Gasteiger charge is 2.61. The third-order valence-electron chi connectivity index (χ3n) is 3.29. The van der Waals surface area contributed by atoms with Crippen LogP contribution in [0.3, 0.4) is 0 Å². The van der Waals surface area contributed by atoms with Gasteiger partial charge in [0.1, 0.15) is 0 Å². The highest BCUT2D eigenvalue weighted by Crippen LogP contribution is 2.45. The van der Waals surface area contributed by atoms with E-state index < -0.39 is 0 Å². The van der Waals surface area contributed by atoms with Gasteiger partial charge in [0.2, 0.25) is 0 Å². The topological polar surface area (TPSA) is 49.9 Å². The fourth-order valence-electron chi connectivity index (χ4n) is 2.68. The van der Waals surface area contributed by atoms with E-state index in [9.17, 15) is 9.59 Å². The zero-order chi connectivity index (χ0) is 10.7. The van der Waals surface area contributed by atoms with Crippen LogP contribution in [0.2, 0.25) is 0 Å². The quantitative estimate of drug-likeness (QED) is 0.426. The first-order valence-electron chi connectivity index (χ1n) is 5.00. The number of hydrazine groups is 1. The van der Waals surface area contributed by atoms with Gasteiger partial charge in [-0.15, -0.1) is 0 Å². The van der Waals surface area contributed by atoms with Crippen LogP contribution in [0.25, 0.3) is 0 Å². The lowest BCUT2D eigenvalue weighted by Crippen LogP contribution is -2.43. The van der Waals surface area contributed by atoms with Crippen molar-refractivity contribution in [2.24, 2.45) is 11.8 Å². The number of imide groups is 1. The van der Waals surface area contributed by atoms with Crippen LogP contribution in [-0.4, -0.2) is 48.1 Å². The third-order valence-corrected chi connectivity index (χ3v) is 3.29. The Morgan fingerprint density at radius 1 is 1.13 bits per heavy atom. The normalized spacial score (nSPS) is 42.2. The van der Waals surface area contributed by atoms with Crippen LogP contribution in [0.4, 0.5) is 0 Å². The van der Waals surface area contributed by atoms with Gasteiger partial charge in [-0.1, -0.05) is 12.2 Å². The summed E-state index contributed by atoms with van der Waals surface area (Å²) in [6.07, 6.45) is 3.38. The van der Waals surface area contributed by atoms with Crippen molar-refractivity contribution in [3.63, 3.8) is 0 Å². The van der Waals surface area contributed by atoms with Gasteiger partial charge in [-0.2, -0.15) is 0 Å². The van der Waals surface area contributed by atoms with E-state index in [1.54, 1.807) is 19.1 Å². The van der Waals surface area contributed by atoms with Gasteiger partial charge in [-0.3, -0.25) is 9.59 Å². The molecular formula is C10H12N2O3. The Balaban J connectivity index is 2.00. The van der Waals surface area contributed by atoms with Crippen molar-refractivity contribution in [3.8, 4) is 0 Å². The fraction of sp³-hybridized carbons (Fsp3) is 0.600. The van der Waals surface area contributed by atoms with Crippen LogP contribution < -0.4 is 0 Å². The summed E-state index contributed by atoms with van der Waals surface area (Å²) in [5, 5.41) is 2.77. The van der Waals surface area contributed by atoms with Crippen molar-refractivity contribution >= 4 is 11.8 Å². The van der Waals surface area contributed by atoms with Crippen molar-refractivity contribution in [1.82, 2.24) is 10.0 Å². The molecule has 5 nitrogen and oxygen atoms in total. The van der Waals surface area contributed by atoms with Gasteiger partial charge >= 0.3 is 0 Å². The van der Waals surface area contributed by atoms with Crippen molar-refractivity contribution in [2.45, 2.75) is 12.2 Å². The molecule has 0 unspecified atom stereocenters. The summed E-state index contributed by atoms with van der Waals surface area (Å²) >= 11 is 0. The number of hydrogen-bond acceptors (Lipinski definition) is 4. The molecule has 0 aromatic rings. The van der Waals surface area contributed by atoms with Crippen molar-refractivity contribution < 1.29 is 14.3 Å². The van der Waals surface area contributed by atoms with Gasteiger partial charge in [0.15, 0.2) is 0 Å². The molecule has 0 N–H and O–H groups in total. The van der Waals surface area contributed by atoms with Crippen molar-refractivity contribution in [1.29, 1.82) is 0 Å². The summed E-state index contributed by atoms with van der Waals surface area (Å²) in [5.74, 6) is -0.858. The number of nitrogens with zero attached hydrogens (tertiary/aromatic N) is 2. The standard InChI is InChI=1S/C10H12N2O3/c1-11(2)12-9(13)7-5-3-4-6(15-5)8(7)10(12)14/h3-8H,1-2H3/t5-,6+,7-,8-/m0/s1. The molecule has 0 radical (unpaired) electrons. The first-order chi connectivity index (χ1) is 7.11. The number of fused-ring (bicyclic) bond motifs is 5. The van der Waals surface area contributed by atoms with Gasteiger partial charge in [0.05, 0.1) is 24.0 Å². The molecule has 15 heavy (non-hydrogen) atoms. The smallest absolute Gasteiger partial charge is 0.250 e. The Hall–Kier alpha value is -1.20. The number of carbonyl (C=O) groups excluding carboxylic acids is 2. The second kappa shape index (κ2) is 2.68.